The molecule has 0 amide bonds. The van der Waals surface area contributed by atoms with Crippen molar-refractivity contribution in [3.05, 3.63) is 12.2 Å². The molecule has 0 aromatic rings. The van der Waals surface area contributed by atoms with E-state index in [-0.39, 0.29) is 0 Å². The maximum Gasteiger partial charge on any atom is -0.00908 e. The van der Waals surface area contributed by atoms with Crippen molar-refractivity contribution in [3.63, 3.8) is 0 Å². The maximum atomic E-state index is 4.31. The summed E-state index contributed by atoms with van der Waals surface area (Å²) in [7, 11) is 0. The predicted molar refractivity (Wildman–Crippen MR) is 53.1 cm³/mol. The summed E-state index contributed by atoms with van der Waals surface area (Å²) >= 11 is 0. The van der Waals surface area contributed by atoms with Crippen molar-refractivity contribution in [2.75, 3.05) is 0 Å². The summed E-state index contributed by atoms with van der Waals surface area (Å²) < 4.78 is 0. The number of hydrogen-bond donors (Lipinski definition) is 0. The molecule has 0 radical (unpaired) electrons. The van der Waals surface area contributed by atoms with Crippen LogP contribution in [0.25, 0.3) is 0 Å². The average Bonchev–Trinajstić information content (AvgIpc) is 2.45. The lowest BCUT2D eigenvalue weighted by atomic mass is 9.76. The second kappa shape index (κ2) is 3.24. The van der Waals surface area contributed by atoms with E-state index in [0.29, 0.717) is 5.41 Å². The SMILES string of the molecule is C=C1CCCCCC12CCCC2. The van der Waals surface area contributed by atoms with Crippen molar-refractivity contribution in [1.29, 1.82) is 0 Å². The van der Waals surface area contributed by atoms with Crippen molar-refractivity contribution in [1.82, 2.24) is 0 Å². The second-order valence-electron chi connectivity index (χ2n) is 4.65. The quantitative estimate of drug-likeness (QED) is 0.473. The molecule has 2 fully saturated rings. The van der Waals surface area contributed by atoms with E-state index in [4.69, 9.17) is 0 Å². The molecule has 0 aromatic carbocycles. The van der Waals surface area contributed by atoms with Crippen LogP contribution in [0.4, 0.5) is 0 Å². The maximum absolute atomic E-state index is 4.31. The lowest BCUT2D eigenvalue weighted by molar-refractivity contribution is 0.334. The van der Waals surface area contributed by atoms with Crippen LogP contribution < -0.4 is 0 Å². The van der Waals surface area contributed by atoms with E-state index in [1.165, 1.54) is 57.8 Å². The fraction of sp³-hybridized carbons (Fsp3) is 0.833. The second-order valence-corrected chi connectivity index (χ2v) is 4.65. The van der Waals surface area contributed by atoms with Gasteiger partial charge in [-0.2, -0.15) is 0 Å². The molecule has 68 valence electrons. The zero-order valence-electron chi connectivity index (χ0n) is 8.07. The Hall–Kier alpha value is -0.260. The van der Waals surface area contributed by atoms with E-state index in [2.05, 4.69) is 6.58 Å². The third kappa shape index (κ3) is 1.32. The number of allylic oxidation sites excluding steroid dienone is 1. The highest BCUT2D eigenvalue weighted by atomic mass is 14.4. The molecule has 0 aliphatic heterocycles. The molecule has 1 spiro atoms. The van der Waals surface area contributed by atoms with Crippen molar-refractivity contribution in [3.8, 4) is 0 Å². The molecule has 0 heteroatoms. The lowest BCUT2D eigenvalue weighted by Gasteiger charge is -2.29. The van der Waals surface area contributed by atoms with Gasteiger partial charge in [0.05, 0.1) is 0 Å². The summed E-state index contributed by atoms with van der Waals surface area (Å²) in [6.45, 7) is 4.31. The summed E-state index contributed by atoms with van der Waals surface area (Å²) in [5, 5.41) is 0. The van der Waals surface area contributed by atoms with Gasteiger partial charge in [-0.3, -0.25) is 0 Å². The standard InChI is InChI=1S/C12H20/c1-11-7-3-2-4-8-12(11)9-5-6-10-12/h1-10H2. The Balaban J connectivity index is 2.13. The molecular weight excluding hydrogens is 144 g/mol. The highest BCUT2D eigenvalue weighted by Crippen LogP contribution is 2.50. The minimum atomic E-state index is 0.622. The van der Waals surface area contributed by atoms with Crippen molar-refractivity contribution < 1.29 is 0 Å². The van der Waals surface area contributed by atoms with E-state index in [9.17, 15) is 0 Å². The molecule has 0 aromatic heterocycles. The van der Waals surface area contributed by atoms with Crippen LogP contribution in [0.15, 0.2) is 12.2 Å². The van der Waals surface area contributed by atoms with E-state index in [1.807, 2.05) is 0 Å². The zero-order chi connectivity index (χ0) is 8.44. The molecule has 0 saturated heterocycles. The van der Waals surface area contributed by atoms with Crippen LogP contribution in [-0.2, 0) is 0 Å². The van der Waals surface area contributed by atoms with Gasteiger partial charge in [-0.1, -0.05) is 37.8 Å². The Bertz CT molecular complexity index is 172. The topological polar surface area (TPSA) is 0 Å². The molecule has 0 atom stereocenters. The van der Waals surface area contributed by atoms with Gasteiger partial charge in [0.1, 0.15) is 0 Å². The van der Waals surface area contributed by atoms with Gasteiger partial charge in [-0.05, 0) is 37.5 Å². The minimum Gasteiger partial charge on any atom is -0.0993 e. The minimum absolute atomic E-state index is 0.622. The predicted octanol–water partition coefficient (Wildman–Crippen LogP) is 4.07. The molecule has 0 unspecified atom stereocenters. The Morgan fingerprint density at radius 3 is 2.08 bits per heavy atom. The number of hydrogen-bond acceptors (Lipinski definition) is 0. The van der Waals surface area contributed by atoms with Crippen molar-refractivity contribution in [2.24, 2.45) is 5.41 Å². The van der Waals surface area contributed by atoms with Gasteiger partial charge in [0.15, 0.2) is 0 Å². The fourth-order valence-corrected chi connectivity index (χ4v) is 3.08. The molecule has 0 nitrogen and oxygen atoms in total. The third-order valence-electron chi connectivity index (χ3n) is 3.94. The smallest absolute Gasteiger partial charge is 0.00908 e. The van der Waals surface area contributed by atoms with Gasteiger partial charge >= 0.3 is 0 Å². The van der Waals surface area contributed by atoms with Gasteiger partial charge in [-0.15, -0.1) is 0 Å². The van der Waals surface area contributed by atoms with Crippen LogP contribution in [-0.4, -0.2) is 0 Å². The first kappa shape index (κ1) is 8.34. The molecule has 2 aliphatic rings. The summed E-state index contributed by atoms with van der Waals surface area (Å²) in [4.78, 5) is 0. The average molecular weight is 164 g/mol. The molecular formula is C12H20. The monoisotopic (exact) mass is 164 g/mol. The first-order chi connectivity index (χ1) is 5.83. The van der Waals surface area contributed by atoms with E-state index < -0.39 is 0 Å². The normalized spacial score (nSPS) is 29.2. The van der Waals surface area contributed by atoms with Gasteiger partial charge in [0.25, 0.3) is 0 Å². The van der Waals surface area contributed by atoms with Crippen LogP contribution in [0.3, 0.4) is 0 Å². The molecule has 12 heavy (non-hydrogen) atoms. The summed E-state index contributed by atoms with van der Waals surface area (Å²) in [6, 6.07) is 0. The van der Waals surface area contributed by atoms with E-state index in [0.717, 1.165) is 0 Å². The first-order valence-corrected chi connectivity index (χ1v) is 5.52. The first-order valence-electron chi connectivity index (χ1n) is 5.52. The van der Waals surface area contributed by atoms with Crippen molar-refractivity contribution in [2.45, 2.75) is 57.8 Å². The molecule has 0 heterocycles. The lowest BCUT2D eigenvalue weighted by Crippen LogP contribution is -2.17. The van der Waals surface area contributed by atoms with Gasteiger partial charge in [0.2, 0.25) is 0 Å². The molecule has 2 rings (SSSR count). The highest BCUT2D eigenvalue weighted by molar-refractivity contribution is 5.13. The largest absolute Gasteiger partial charge is 0.0993 e. The molecule has 2 saturated carbocycles. The van der Waals surface area contributed by atoms with Crippen LogP contribution >= 0.6 is 0 Å². The molecule has 2 aliphatic carbocycles. The van der Waals surface area contributed by atoms with Crippen LogP contribution in [0, 0.1) is 5.41 Å². The van der Waals surface area contributed by atoms with E-state index in [1.54, 1.807) is 5.57 Å². The molecule has 0 bridgehead atoms. The van der Waals surface area contributed by atoms with Crippen LogP contribution in [0.1, 0.15) is 57.8 Å². The van der Waals surface area contributed by atoms with Gasteiger partial charge in [-0.25, -0.2) is 0 Å². The summed E-state index contributed by atoms with van der Waals surface area (Å²) in [5.41, 5.74) is 2.22. The van der Waals surface area contributed by atoms with Crippen LogP contribution in [0.2, 0.25) is 0 Å². The third-order valence-corrected chi connectivity index (χ3v) is 3.94. The highest BCUT2D eigenvalue weighted by Gasteiger charge is 2.36. The van der Waals surface area contributed by atoms with Crippen molar-refractivity contribution >= 4 is 0 Å². The molecule has 0 N–H and O–H groups in total. The van der Waals surface area contributed by atoms with Gasteiger partial charge < -0.3 is 0 Å². The zero-order valence-corrected chi connectivity index (χ0v) is 8.07. The Morgan fingerprint density at radius 2 is 1.42 bits per heavy atom. The summed E-state index contributed by atoms with van der Waals surface area (Å²) in [5.74, 6) is 0. The Morgan fingerprint density at radius 1 is 0.833 bits per heavy atom. The fourth-order valence-electron chi connectivity index (χ4n) is 3.08. The Labute approximate surface area is 76.1 Å². The van der Waals surface area contributed by atoms with Gasteiger partial charge in [0, 0.05) is 0 Å². The number of rotatable bonds is 0. The Kier molecular flexibility index (Phi) is 2.25. The van der Waals surface area contributed by atoms with Crippen LogP contribution in [0.5, 0.6) is 0 Å². The summed E-state index contributed by atoms with van der Waals surface area (Å²) in [6.07, 6.45) is 12.9. The van der Waals surface area contributed by atoms with E-state index >= 15 is 0 Å².